The van der Waals surface area contributed by atoms with Crippen molar-refractivity contribution in [2.75, 3.05) is 20.1 Å². The van der Waals surface area contributed by atoms with Crippen LogP contribution in [0.15, 0.2) is 24.3 Å². The summed E-state index contributed by atoms with van der Waals surface area (Å²) in [5, 5.41) is 8.75. The first kappa shape index (κ1) is 14.7. The van der Waals surface area contributed by atoms with Crippen molar-refractivity contribution in [3.05, 3.63) is 35.4 Å². The molecule has 0 saturated heterocycles. The minimum absolute atomic E-state index is 0.132. The highest BCUT2D eigenvalue weighted by Gasteiger charge is 2.17. The molecule has 1 aromatic carbocycles. The van der Waals surface area contributed by atoms with Crippen LogP contribution < -0.4 is 0 Å². The SMILES string of the molecule is CN(CC(=O)c1ccc(C#N)cc1)CC1CCCCC1. The van der Waals surface area contributed by atoms with E-state index >= 15 is 0 Å². The Kier molecular flexibility index (Phi) is 5.31. The van der Waals surface area contributed by atoms with Crippen molar-refractivity contribution in [2.24, 2.45) is 5.92 Å². The summed E-state index contributed by atoms with van der Waals surface area (Å²) < 4.78 is 0. The molecule has 0 heterocycles. The molecule has 3 heteroatoms. The van der Waals surface area contributed by atoms with E-state index in [1.807, 2.05) is 7.05 Å². The summed E-state index contributed by atoms with van der Waals surface area (Å²) in [7, 11) is 2.02. The van der Waals surface area contributed by atoms with Gasteiger partial charge in [0.1, 0.15) is 0 Å². The van der Waals surface area contributed by atoms with Crippen molar-refractivity contribution in [1.82, 2.24) is 4.90 Å². The molecule has 0 N–H and O–H groups in total. The van der Waals surface area contributed by atoms with Gasteiger partial charge in [-0.3, -0.25) is 9.69 Å². The van der Waals surface area contributed by atoms with Gasteiger partial charge < -0.3 is 0 Å². The number of carbonyl (C=O) groups is 1. The Hall–Kier alpha value is -1.66. The van der Waals surface area contributed by atoms with Crippen molar-refractivity contribution >= 4 is 5.78 Å². The number of rotatable bonds is 5. The zero-order valence-corrected chi connectivity index (χ0v) is 12.1. The fourth-order valence-electron chi connectivity index (χ4n) is 2.94. The number of ketones is 1. The van der Waals surface area contributed by atoms with Crippen LogP contribution in [-0.2, 0) is 0 Å². The maximum absolute atomic E-state index is 12.2. The van der Waals surface area contributed by atoms with Gasteiger partial charge in [-0.25, -0.2) is 0 Å². The molecule has 2 rings (SSSR count). The number of nitriles is 1. The number of benzene rings is 1. The molecule has 1 aliphatic rings. The number of nitrogens with zero attached hydrogens (tertiary/aromatic N) is 2. The predicted molar refractivity (Wildman–Crippen MR) is 79.6 cm³/mol. The van der Waals surface area contributed by atoms with Crippen LogP contribution >= 0.6 is 0 Å². The van der Waals surface area contributed by atoms with E-state index in [2.05, 4.69) is 11.0 Å². The van der Waals surface area contributed by atoms with E-state index in [9.17, 15) is 4.79 Å². The molecule has 106 valence electrons. The Bertz CT molecular complexity index is 481. The molecule has 1 aromatic rings. The molecule has 0 amide bonds. The number of hydrogen-bond acceptors (Lipinski definition) is 3. The molecule has 0 radical (unpaired) electrons. The zero-order chi connectivity index (χ0) is 14.4. The first-order chi connectivity index (χ1) is 9.69. The van der Waals surface area contributed by atoms with Crippen LogP contribution in [0, 0.1) is 17.2 Å². The number of carbonyl (C=O) groups excluding carboxylic acids is 1. The number of likely N-dealkylation sites (N-methyl/N-ethyl adjacent to an activating group) is 1. The topological polar surface area (TPSA) is 44.1 Å². The quantitative estimate of drug-likeness (QED) is 0.771. The number of Topliss-reactive ketones (excluding diaryl/α,β-unsaturated/α-hetero) is 1. The van der Waals surface area contributed by atoms with E-state index in [1.165, 1.54) is 32.1 Å². The van der Waals surface area contributed by atoms with Crippen LogP contribution in [0.4, 0.5) is 0 Å². The van der Waals surface area contributed by atoms with E-state index in [0.29, 0.717) is 17.7 Å². The smallest absolute Gasteiger partial charge is 0.176 e. The van der Waals surface area contributed by atoms with E-state index in [-0.39, 0.29) is 5.78 Å². The fourth-order valence-corrected chi connectivity index (χ4v) is 2.94. The monoisotopic (exact) mass is 270 g/mol. The zero-order valence-electron chi connectivity index (χ0n) is 12.1. The average molecular weight is 270 g/mol. The first-order valence-electron chi connectivity index (χ1n) is 7.41. The standard InChI is InChI=1S/C17H22N2O/c1-19(12-15-5-3-2-4-6-15)13-17(20)16-9-7-14(11-18)8-10-16/h7-10,15H,2-6,12-13H2,1H3. The Balaban J connectivity index is 1.84. The normalized spacial score (nSPS) is 16.1. The lowest BCUT2D eigenvalue weighted by molar-refractivity contribution is 0.0932. The second-order valence-corrected chi connectivity index (χ2v) is 5.81. The summed E-state index contributed by atoms with van der Waals surface area (Å²) in [6, 6.07) is 8.96. The summed E-state index contributed by atoms with van der Waals surface area (Å²) in [5.41, 5.74) is 1.29. The van der Waals surface area contributed by atoms with Gasteiger partial charge in [-0.05, 0) is 37.9 Å². The summed E-state index contributed by atoms with van der Waals surface area (Å²) in [5.74, 6) is 0.885. The summed E-state index contributed by atoms with van der Waals surface area (Å²) in [6.45, 7) is 1.48. The van der Waals surface area contributed by atoms with E-state index in [1.54, 1.807) is 24.3 Å². The second-order valence-electron chi connectivity index (χ2n) is 5.81. The molecular weight excluding hydrogens is 248 g/mol. The van der Waals surface area contributed by atoms with Crippen molar-refractivity contribution in [3.63, 3.8) is 0 Å². The predicted octanol–water partition coefficient (Wildman–Crippen LogP) is 3.25. The fraction of sp³-hybridized carbons (Fsp3) is 0.529. The van der Waals surface area contributed by atoms with Gasteiger partial charge in [0.15, 0.2) is 5.78 Å². The van der Waals surface area contributed by atoms with Gasteiger partial charge in [-0.15, -0.1) is 0 Å². The van der Waals surface area contributed by atoms with Gasteiger partial charge in [-0.1, -0.05) is 31.4 Å². The summed E-state index contributed by atoms with van der Waals surface area (Å²) in [6.07, 6.45) is 6.64. The largest absolute Gasteiger partial charge is 0.299 e. The second kappa shape index (κ2) is 7.21. The molecule has 0 atom stereocenters. The molecular formula is C17H22N2O. The van der Waals surface area contributed by atoms with Crippen LogP contribution in [0.25, 0.3) is 0 Å². The third-order valence-electron chi connectivity index (χ3n) is 4.04. The highest BCUT2D eigenvalue weighted by molar-refractivity contribution is 5.97. The Morgan fingerprint density at radius 3 is 2.50 bits per heavy atom. The molecule has 1 fully saturated rings. The molecule has 0 aromatic heterocycles. The number of hydrogen-bond donors (Lipinski definition) is 0. The minimum Gasteiger partial charge on any atom is -0.299 e. The molecule has 0 bridgehead atoms. The van der Waals surface area contributed by atoms with Crippen molar-refractivity contribution in [1.29, 1.82) is 5.26 Å². The van der Waals surface area contributed by atoms with Gasteiger partial charge in [0.05, 0.1) is 18.2 Å². The average Bonchev–Trinajstić information content (AvgIpc) is 2.48. The summed E-state index contributed by atoms with van der Waals surface area (Å²) >= 11 is 0. The highest BCUT2D eigenvalue weighted by atomic mass is 16.1. The highest BCUT2D eigenvalue weighted by Crippen LogP contribution is 2.24. The Morgan fingerprint density at radius 1 is 1.25 bits per heavy atom. The molecule has 0 spiro atoms. The molecule has 3 nitrogen and oxygen atoms in total. The third-order valence-corrected chi connectivity index (χ3v) is 4.04. The van der Waals surface area contributed by atoms with Crippen LogP contribution in [0.5, 0.6) is 0 Å². The van der Waals surface area contributed by atoms with Gasteiger partial charge in [0.25, 0.3) is 0 Å². The summed E-state index contributed by atoms with van der Waals surface area (Å²) in [4.78, 5) is 14.3. The minimum atomic E-state index is 0.132. The van der Waals surface area contributed by atoms with Crippen molar-refractivity contribution < 1.29 is 4.79 Å². The van der Waals surface area contributed by atoms with E-state index in [4.69, 9.17) is 5.26 Å². The van der Waals surface area contributed by atoms with Crippen molar-refractivity contribution in [2.45, 2.75) is 32.1 Å². The van der Waals surface area contributed by atoms with Gasteiger partial charge in [-0.2, -0.15) is 5.26 Å². The molecule has 0 aliphatic heterocycles. The van der Waals surface area contributed by atoms with Crippen LogP contribution in [-0.4, -0.2) is 30.8 Å². The van der Waals surface area contributed by atoms with Crippen LogP contribution in [0.3, 0.4) is 0 Å². The van der Waals surface area contributed by atoms with Gasteiger partial charge in [0.2, 0.25) is 0 Å². The molecule has 0 unspecified atom stereocenters. The van der Waals surface area contributed by atoms with Crippen molar-refractivity contribution in [3.8, 4) is 6.07 Å². The maximum Gasteiger partial charge on any atom is 0.176 e. The van der Waals surface area contributed by atoms with Gasteiger partial charge in [0, 0.05) is 12.1 Å². The molecule has 1 aliphatic carbocycles. The molecule has 1 saturated carbocycles. The lowest BCUT2D eigenvalue weighted by atomic mass is 9.89. The van der Waals surface area contributed by atoms with Crippen LogP contribution in [0.1, 0.15) is 48.0 Å². The lowest BCUT2D eigenvalue weighted by Crippen LogP contribution is -2.31. The van der Waals surface area contributed by atoms with Crippen LogP contribution in [0.2, 0.25) is 0 Å². The van der Waals surface area contributed by atoms with Gasteiger partial charge >= 0.3 is 0 Å². The van der Waals surface area contributed by atoms with E-state index < -0.39 is 0 Å². The molecule has 20 heavy (non-hydrogen) atoms. The Morgan fingerprint density at radius 2 is 1.90 bits per heavy atom. The lowest BCUT2D eigenvalue weighted by Gasteiger charge is -2.26. The Labute approximate surface area is 121 Å². The van der Waals surface area contributed by atoms with E-state index in [0.717, 1.165) is 12.5 Å². The maximum atomic E-state index is 12.2. The first-order valence-corrected chi connectivity index (χ1v) is 7.41. The third kappa shape index (κ3) is 4.18.